The van der Waals surface area contributed by atoms with Crippen molar-refractivity contribution in [2.24, 2.45) is 0 Å². The summed E-state index contributed by atoms with van der Waals surface area (Å²) in [5, 5.41) is 9.29. The number of carboxylic acids is 1. The van der Waals surface area contributed by atoms with Gasteiger partial charge < -0.3 is 9.84 Å². The molecule has 2 heterocycles. The fourth-order valence-electron chi connectivity index (χ4n) is 2.61. The summed E-state index contributed by atoms with van der Waals surface area (Å²) in [5.74, 6) is -0.817. The first kappa shape index (κ1) is 21.6. The van der Waals surface area contributed by atoms with Crippen molar-refractivity contribution in [2.75, 3.05) is 6.61 Å². The van der Waals surface area contributed by atoms with E-state index in [1.54, 1.807) is 25.1 Å². The van der Waals surface area contributed by atoms with Gasteiger partial charge in [0.1, 0.15) is 23.0 Å². The smallest absolute Gasteiger partial charge is 0.354 e. The summed E-state index contributed by atoms with van der Waals surface area (Å²) in [5.41, 5.74) is 2.07. The summed E-state index contributed by atoms with van der Waals surface area (Å²) in [6.45, 7) is 14.1. The van der Waals surface area contributed by atoms with Gasteiger partial charge in [-0.25, -0.2) is 14.2 Å². The topological polar surface area (TPSA) is 59.4 Å². The molecule has 0 atom stereocenters. The number of aromatic nitrogens is 1. The van der Waals surface area contributed by atoms with Crippen molar-refractivity contribution in [3.8, 4) is 17.0 Å². The molecule has 0 spiro atoms. The molecular formula is C21H28FNO3. The number of rotatable bonds is 2. The molecule has 0 radical (unpaired) electrons. The Morgan fingerprint density at radius 1 is 1.19 bits per heavy atom. The molecule has 3 rings (SSSR count). The number of benzene rings is 1. The van der Waals surface area contributed by atoms with Gasteiger partial charge in [-0.3, -0.25) is 0 Å². The van der Waals surface area contributed by atoms with Crippen molar-refractivity contribution < 1.29 is 19.0 Å². The third kappa shape index (κ3) is 4.21. The van der Waals surface area contributed by atoms with Gasteiger partial charge in [0, 0.05) is 16.5 Å². The Kier molecular flexibility index (Phi) is 7.30. The minimum atomic E-state index is -1.09. The molecule has 26 heavy (non-hydrogen) atoms. The number of carbonyl (C=O) groups is 1. The van der Waals surface area contributed by atoms with Crippen LogP contribution in [0.5, 0.6) is 5.75 Å². The summed E-state index contributed by atoms with van der Waals surface area (Å²) in [4.78, 5) is 15.6. The van der Waals surface area contributed by atoms with Gasteiger partial charge in [0.05, 0.1) is 6.61 Å². The van der Waals surface area contributed by atoms with Crippen molar-refractivity contribution in [3.63, 3.8) is 0 Å². The van der Waals surface area contributed by atoms with Gasteiger partial charge in [-0.15, -0.1) is 0 Å². The van der Waals surface area contributed by atoms with E-state index in [1.165, 1.54) is 6.07 Å². The number of ether oxygens (including phenoxy) is 1. The Hall–Kier alpha value is -2.43. The highest BCUT2D eigenvalue weighted by Gasteiger charge is 2.35. The number of pyridine rings is 1. The second kappa shape index (κ2) is 8.79. The highest BCUT2D eigenvalue weighted by molar-refractivity contribution is 5.88. The number of carboxylic acid groups (broad SMARTS) is 1. The van der Waals surface area contributed by atoms with Gasteiger partial charge in [0.15, 0.2) is 0 Å². The molecule has 1 aliphatic rings. The van der Waals surface area contributed by atoms with E-state index in [1.807, 2.05) is 41.5 Å². The van der Waals surface area contributed by atoms with Crippen molar-refractivity contribution >= 4 is 5.97 Å². The number of nitrogens with zero attached hydrogens (tertiary/aromatic N) is 1. The molecule has 0 saturated carbocycles. The second-order valence-electron chi connectivity index (χ2n) is 6.17. The zero-order valence-corrected chi connectivity index (χ0v) is 16.6. The molecule has 1 aromatic carbocycles. The maximum absolute atomic E-state index is 13.5. The predicted octanol–water partition coefficient (Wildman–Crippen LogP) is 5.62. The average molecular weight is 361 g/mol. The highest BCUT2D eigenvalue weighted by Crippen LogP contribution is 2.44. The van der Waals surface area contributed by atoms with Gasteiger partial charge >= 0.3 is 5.97 Å². The van der Waals surface area contributed by atoms with Gasteiger partial charge in [-0.1, -0.05) is 41.5 Å². The van der Waals surface area contributed by atoms with Crippen LogP contribution in [0, 0.1) is 12.7 Å². The molecule has 5 heteroatoms. The molecular weight excluding hydrogens is 333 g/mol. The Bertz CT molecular complexity index is 785. The molecule has 142 valence electrons. The van der Waals surface area contributed by atoms with E-state index < -0.39 is 5.97 Å². The van der Waals surface area contributed by atoms with Crippen LogP contribution in [0.4, 0.5) is 4.39 Å². The summed E-state index contributed by atoms with van der Waals surface area (Å²) in [7, 11) is 0. The van der Waals surface area contributed by atoms with Gasteiger partial charge in [-0.2, -0.15) is 0 Å². The standard InChI is InChI=1S/C17H16FNO3.2C2H6/c1-9-6-10(4-5-12(9)18)14-15-11(17(2,3)8-22-15)7-13(19-14)16(20)21;2*1-2/h4-7H,8H2,1-3H3,(H,20,21);2*1-2H3. The van der Waals surface area contributed by atoms with Gasteiger partial charge in [-0.05, 0) is 36.8 Å². The van der Waals surface area contributed by atoms with Crippen molar-refractivity contribution in [3.05, 3.63) is 46.9 Å². The largest absolute Gasteiger partial charge is 0.490 e. The molecule has 1 N–H and O–H groups in total. The quantitative estimate of drug-likeness (QED) is 0.754. The molecule has 0 fully saturated rings. The number of fused-ring (bicyclic) bond motifs is 1. The normalized spacial score (nSPS) is 13.4. The lowest BCUT2D eigenvalue weighted by atomic mass is 9.86. The van der Waals surface area contributed by atoms with Crippen molar-refractivity contribution in [2.45, 2.75) is 53.9 Å². The third-order valence-electron chi connectivity index (χ3n) is 3.93. The molecule has 0 saturated heterocycles. The number of aromatic carboxylic acids is 1. The summed E-state index contributed by atoms with van der Waals surface area (Å²) < 4.78 is 19.2. The lowest BCUT2D eigenvalue weighted by Gasteiger charge is -2.16. The first-order valence-corrected chi connectivity index (χ1v) is 8.98. The number of hydrogen-bond donors (Lipinski definition) is 1. The van der Waals surface area contributed by atoms with E-state index in [9.17, 15) is 14.3 Å². The number of halogens is 1. The van der Waals surface area contributed by atoms with Crippen LogP contribution in [0.2, 0.25) is 0 Å². The number of hydrogen-bond acceptors (Lipinski definition) is 3. The molecule has 0 aliphatic carbocycles. The monoisotopic (exact) mass is 361 g/mol. The van der Waals surface area contributed by atoms with E-state index in [-0.39, 0.29) is 16.9 Å². The maximum atomic E-state index is 13.5. The molecule has 0 unspecified atom stereocenters. The SMILES string of the molecule is CC.CC.Cc1cc(-c2nc(C(=O)O)cc3c2OCC3(C)C)ccc1F. The van der Waals surface area contributed by atoms with Crippen LogP contribution >= 0.6 is 0 Å². The molecule has 4 nitrogen and oxygen atoms in total. The van der Waals surface area contributed by atoms with Crippen LogP contribution < -0.4 is 4.74 Å². The van der Waals surface area contributed by atoms with Gasteiger partial charge in [0.25, 0.3) is 0 Å². The van der Waals surface area contributed by atoms with E-state index in [0.29, 0.717) is 29.2 Å². The summed E-state index contributed by atoms with van der Waals surface area (Å²) in [6.07, 6.45) is 0. The van der Waals surface area contributed by atoms with E-state index in [0.717, 1.165) is 5.56 Å². The van der Waals surface area contributed by atoms with Crippen molar-refractivity contribution in [1.29, 1.82) is 0 Å². The third-order valence-corrected chi connectivity index (χ3v) is 3.93. The van der Waals surface area contributed by atoms with E-state index in [4.69, 9.17) is 4.74 Å². The van der Waals surface area contributed by atoms with Crippen LogP contribution in [0.3, 0.4) is 0 Å². The first-order chi connectivity index (χ1) is 12.3. The van der Waals surface area contributed by atoms with E-state index >= 15 is 0 Å². The van der Waals surface area contributed by atoms with Crippen LogP contribution in [0.1, 0.15) is 63.2 Å². The fourth-order valence-corrected chi connectivity index (χ4v) is 2.61. The minimum Gasteiger partial charge on any atom is -0.490 e. The Morgan fingerprint density at radius 3 is 2.35 bits per heavy atom. The van der Waals surface area contributed by atoms with Crippen LogP contribution in [0.15, 0.2) is 24.3 Å². The second-order valence-corrected chi connectivity index (χ2v) is 6.17. The predicted molar refractivity (Wildman–Crippen MR) is 103 cm³/mol. The Balaban J connectivity index is 0.000000791. The Morgan fingerprint density at radius 2 is 1.81 bits per heavy atom. The first-order valence-electron chi connectivity index (χ1n) is 8.98. The van der Waals surface area contributed by atoms with Crippen LogP contribution in [-0.2, 0) is 5.41 Å². The van der Waals surface area contributed by atoms with E-state index in [2.05, 4.69) is 4.98 Å². The van der Waals surface area contributed by atoms with Crippen molar-refractivity contribution in [1.82, 2.24) is 4.98 Å². The number of aryl methyl sites for hydroxylation is 1. The fraction of sp³-hybridized carbons (Fsp3) is 0.429. The highest BCUT2D eigenvalue weighted by atomic mass is 19.1. The van der Waals surface area contributed by atoms with Crippen LogP contribution in [0.25, 0.3) is 11.3 Å². The summed E-state index contributed by atoms with van der Waals surface area (Å²) in [6, 6.07) is 6.15. The van der Waals surface area contributed by atoms with Crippen LogP contribution in [-0.4, -0.2) is 22.7 Å². The zero-order chi connectivity index (χ0) is 20.1. The zero-order valence-electron chi connectivity index (χ0n) is 16.6. The lowest BCUT2D eigenvalue weighted by Crippen LogP contribution is -2.18. The molecule has 0 bridgehead atoms. The molecule has 1 aliphatic heterocycles. The maximum Gasteiger partial charge on any atom is 0.354 e. The lowest BCUT2D eigenvalue weighted by molar-refractivity contribution is 0.0690. The summed E-state index contributed by atoms with van der Waals surface area (Å²) >= 11 is 0. The Labute approximate surface area is 155 Å². The van der Waals surface area contributed by atoms with Gasteiger partial charge in [0.2, 0.25) is 0 Å². The molecule has 2 aromatic rings. The molecule has 1 aromatic heterocycles. The molecule has 0 amide bonds. The minimum absolute atomic E-state index is 0.0331. The average Bonchev–Trinajstić information content (AvgIpc) is 2.95.